The molecular formula is C18H19N3O2. The third-order valence-corrected chi connectivity index (χ3v) is 4.04. The topological polar surface area (TPSA) is 62.3 Å². The number of carbonyl (C=O) groups excluding carboxylic acids is 2. The Hall–Kier alpha value is -2.69. The maximum atomic E-state index is 12.3. The minimum Gasteiger partial charge on any atom is -0.349 e. The lowest BCUT2D eigenvalue weighted by molar-refractivity contribution is 0.0692. The Balaban J connectivity index is 1.53. The molecule has 0 aliphatic carbocycles. The zero-order valence-electron chi connectivity index (χ0n) is 12.8. The van der Waals surface area contributed by atoms with Gasteiger partial charge in [-0.1, -0.05) is 24.3 Å². The van der Waals surface area contributed by atoms with Gasteiger partial charge in [0, 0.05) is 30.9 Å². The number of pyridine rings is 1. The molecule has 2 heterocycles. The smallest absolute Gasteiger partial charge is 0.272 e. The molecule has 5 heteroatoms. The zero-order valence-corrected chi connectivity index (χ0v) is 12.8. The highest BCUT2D eigenvalue weighted by molar-refractivity contribution is 5.94. The number of piperidine rings is 1. The Morgan fingerprint density at radius 2 is 1.70 bits per heavy atom. The van der Waals surface area contributed by atoms with Gasteiger partial charge in [-0.05, 0) is 37.1 Å². The first-order chi connectivity index (χ1) is 11.2. The monoisotopic (exact) mass is 309 g/mol. The highest BCUT2D eigenvalue weighted by Gasteiger charge is 2.25. The SMILES string of the molecule is O=C(NC1CCN(C(=O)c2ccccn2)CC1)c1ccccc1. The predicted octanol–water partition coefficient (Wildman–Crippen LogP) is 2.12. The molecule has 0 radical (unpaired) electrons. The molecule has 1 aliphatic heterocycles. The van der Waals surface area contributed by atoms with Crippen LogP contribution in [-0.2, 0) is 0 Å². The average molecular weight is 309 g/mol. The highest BCUT2D eigenvalue weighted by atomic mass is 16.2. The number of nitrogens with zero attached hydrogens (tertiary/aromatic N) is 2. The molecule has 3 rings (SSSR count). The maximum Gasteiger partial charge on any atom is 0.272 e. The number of likely N-dealkylation sites (tertiary alicyclic amines) is 1. The number of hydrogen-bond donors (Lipinski definition) is 1. The molecule has 0 bridgehead atoms. The van der Waals surface area contributed by atoms with E-state index in [2.05, 4.69) is 10.3 Å². The Morgan fingerprint density at radius 1 is 1.00 bits per heavy atom. The van der Waals surface area contributed by atoms with Crippen LogP contribution in [0.4, 0.5) is 0 Å². The van der Waals surface area contributed by atoms with Crippen LogP contribution in [0.2, 0.25) is 0 Å². The molecule has 0 atom stereocenters. The van der Waals surface area contributed by atoms with Gasteiger partial charge < -0.3 is 10.2 Å². The number of carbonyl (C=O) groups is 2. The molecular weight excluding hydrogens is 290 g/mol. The summed E-state index contributed by atoms with van der Waals surface area (Å²) in [7, 11) is 0. The fourth-order valence-electron chi connectivity index (χ4n) is 2.74. The van der Waals surface area contributed by atoms with E-state index in [9.17, 15) is 9.59 Å². The van der Waals surface area contributed by atoms with E-state index < -0.39 is 0 Å². The van der Waals surface area contributed by atoms with Crippen molar-refractivity contribution >= 4 is 11.8 Å². The molecule has 1 aromatic heterocycles. The lowest BCUT2D eigenvalue weighted by atomic mass is 10.0. The second-order valence-electron chi connectivity index (χ2n) is 5.62. The third-order valence-electron chi connectivity index (χ3n) is 4.04. The molecule has 2 amide bonds. The van der Waals surface area contributed by atoms with Crippen molar-refractivity contribution in [3.63, 3.8) is 0 Å². The molecule has 5 nitrogen and oxygen atoms in total. The van der Waals surface area contributed by atoms with Crippen molar-refractivity contribution in [3.8, 4) is 0 Å². The number of rotatable bonds is 3. The molecule has 0 spiro atoms. The molecule has 1 aromatic carbocycles. The Kier molecular flexibility index (Phi) is 4.66. The van der Waals surface area contributed by atoms with E-state index in [1.807, 2.05) is 24.3 Å². The second kappa shape index (κ2) is 7.05. The van der Waals surface area contributed by atoms with Crippen LogP contribution in [0.25, 0.3) is 0 Å². The van der Waals surface area contributed by atoms with E-state index in [1.165, 1.54) is 0 Å². The first kappa shape index (κ1) is 15.2. The summed E-state index contributed by atoms with van der Waals surface area (Å²) in [5.41, 5.74) is 1.14. The van der Waals surface area contributed by atoms with E-state index in [0.29, 0.717) is 24.3 Å². The third kappa shape index (κ3) is 3.74. The van der Waals surface area contributed by atoms with E-state index in [4.69, 9.17) is 0 Å². The van der Waals surface area contributed by atoms with Crippen LogP contribution in [0.1, 0.15) is 33.7 Å². The summed E-state index contributed by atoms with van der Waals surface area (Å²) < 4.78 is 0. The number of nitrogens with one attached hydrogen (secondary N) is 1. The Morgan fingerprint density at radius 3 is 2.35 bits per heavy atom. The maximum absolute atomic E-state index is 12.3. The zero-order chi connectivity index (χ0) is 16.1. The van der Waals surface area contributed by atoms with Crippen LogP contribution in [0, 0.1) is 0 Å². The summed E-state index contributed by atoms with van der Waals surface area (Å²) in [5.74, 6) is -0.0986. The van der Waals surface area contributed by atoms with E-state index in [-0.39, 0.29) is 17.9 Å². The summed E-state index contributed by atoms with van der Waals surface area (Å²) in [6.45, 7) is 1.27. The minimum absolute atomic E-state index is 0.0431. The standard InChI is InChI=1S/C18H19N3O2/c22-17(14-6-2-1-3-7-14)20-15-9-12-21(13-10-15)18(23)16-8-4-5-11-19-16/h1-8,11,15H,9-10,12-13H2,(H,20,22). The normalized spacial score (nSPS) is 15.2. The first-order valence-corrected chi connectivity index (χ1v) is 7.80. The van der Waals surface area contributed by atoms with Crippen LogP contribution in [-0.4, -0.2) is 40.8 Å². The largest absolute Gasteiger partial charge is 0.349 e. The van der Waals surface area contributed by atoms with Crippen LogP contribution in [0.3, 0.4) is 0 Å². The number of aromatic nitrogens is 1. The van der Waals surface area contributed by atoms with Gasteiger partial charge in [0.15, 0.2) is 0 Å². The van der Waals surface area contributed by atoms with Crippen LogP contribution in [0.5, 0.6) is 0 Å². The molecule has 1 aliphatic rings. The van der Waals surface area contributed by atoms with Crippen molar-refractivity contribution in [2.24, 2.45) is 0 Å². The van der Waals surface area contributed by atoms with Crippen molar-refractivity contribution in [2.45, 2.75) is 18.9 Å². The summed E-state index contributed by atoms with van der Waals surface area (Å²) in [6, 6.07) is 14.6. The van der Waals surface area contributed by atoms with E-state index >= 15 is 0 Å². The Labute approximate surface area is 135 Å². The summed E-state index contributed by atoms with van der Waals surface area (Å²) in [5, 5.41) is 3.04. The molecule has 118 valence electrons. The second-order valence-corrected chi connectivity index (χ2v) is 5.62. The van der Waals surface area contributed by atoms with Crippen molar-refractivity contribution in [3.05, 3.63) is 66.0 Å². The van der Waals surface area contributed by atoms with E-state index in [1.54, 1.807) is 35.4 Å². The average Bonchev–Trinajstić information content (AvgIpc) is 2.63. The predicted molar refractivity (Wildman–Crippen MR) is 87.1 cm³/mol. The van der Waals surface area contributed by atoms with Crippen LogP contribution >= 0.6 is 0 Å². The van der Waals surface area contributed by atoms with Gasteiger partial charge in [0.05, 0.1) is 0 Å². The van der Waals surface area contributed by atoms with Gasteiger partial charge in [0.25, 0.3) is 11.8 Å². The van der Waals surface area contributed by atoms with Gasteiger partial charge in [-0.3, -0.25) is 14.6 Å². The molecule has 0 unspecified atom stereocenters. The van der Waals surface area contributed by atoms with Crippen LogP contribution in [0.15, 0.2) is 54.7 Å². The van der Waals surface area contributed by atoms with Crippen LogP contribution < -0.4 is 5.32 Å². The summed E-state index contributed by atoms with van der Waals surface area (Å²) in [4.78, 5) is 30.4. The van der Waals surface area contributed by atoms with Crippen molar-refractivity contribution in [1.82, 2.24) is 15.2 Å². The fraction of sp³-hybridized carbons (Fsp3) is 0.278. The molecule has 1 saturated heterocycles. The van der Waals surface area contributed by atoms with Crippen molar-refractivity contribution in [2.75, 3.05) is 13.1 Å². The quantitative estimate of drug-likeness (QED) is 0.944. The first-order valence-electron chi connectivity index (χ1n) is 7.80. The summed E-state index contributed by atoms with van der Waals surface area (Å²) >= 11 is 0. The number of hydrogen-bond acceptors (Lipinski definition) is 3. The number of amides is 2. The van der Waals surface area contributed by atoms with Gasteiger partial charge in [-0.2, -0.15) is 0 Å². The molecule has 1 fully saturated rings. The molecule has 1 N–H and O–H groups in total. The van der Waals surface area contributed by atoms with E-state index in [0.717, 1.165) is 12.8 Å². The number of benzene rings is 1. The van der Waals surface area contributed by atoms with Gasteiger partial charge in [0.1, 0.15) is 5.69 Å². The van der Waals surface area contributed by atoms with Gasteiger partial charge in [-0.25, -0.2) is 0 Å². The van der Waals surface area contributed by atoms with Gasteiger partial charge >= 0.3 is 0 Å². The fourth-order valence-corrected chi connectivity index (χ4v) is 2.74. The minimum atomic E-state index is -0.0555. The van der Waals surface area contributed by atoms with Gasteiger partial charge in [0.2, 0.25) is 0 Å². The Bertz CT molecular complexity index is 665. The summed E-state index contributed by atoms with van der Waals surface area (Å²) in [6.07, 6.45) is 3.15. The molecule has 23 heavy (non-hydrogen) atoms. The lowest BCUT2D eigenvalue weighted by Gasteiger charge is -2.32. The van der Waals surface area contributed by atoms with Gasteiger partial charge in [-0.15, -0.1) is 0 Å². The highest BCUT2D eigenvalue weighted by Crippen LogP contribution is 2.13. The molecule has 2 aromatic rings. The lowest BCUT2D eigenvalue weighted by Crippen LogP contribution is -2.46. The molecule has 0 saturated carbocycles. The van der Waals surface area contributed by atoms with Crippen molar-refractivity contribution in [1.29, 1.82) is 0 Å². The van der Waals surface area contributed by atoms with Crippen molar-refractivity contribution < 1.29 is 9.59 Å².